The van der Waals surface area contributed by atoms with Gasteiger partial charge in [0, 0.05) is 56.6 Å². The summed E-state index contributed by atoms with van der Waals surface area (Å²) in [5, 5.41) is 9.90. The number of hydrogen-bond acceptors (Lipinski definition) is 5. The molecule has 1 aliphatic heterocycles. The normalized spacial score (nSPS) is 14.6. The Labute approximate surface area is 201 Å². The molecule has 2 aromatic carbocycles. The maximum atomic E-state index is 15.1. The summed E-state index contributed by atoms with van der Waals surface area (Å²) in [4.78, 5) is 32.4. The molecule has 36 heavy (non-hydrogen) atoms. The number of hydrogen-bond donors (Lipinski definition) is 1. The fourth-order valence-corrected chi connectivity index (χ4v) is 4.63. The van der Waals surface area contributed by atoms with Crippen molar-refractivity contribution < 1.29 is 27.5 Å². The van der Waals surface area contributed by atoms with Gasteiger partial charge in [0.1, 0.15) is 11.4 Å². The molecule has 2 aromatic heterocycles. The largest absolute Gasteiger partial charge is 0.477 e. The van der Waals surface area contributed by atoms with Gasteiger partial charge in [-0.15, -0.1) is 0 Å². The minimum absolute atomic E-state index is 0.131. The molecule has 0 radical (unpaired) electrons. The van der Waals surface area contributed by atoms with Gasteiger partial charge in [0.05, 0.1) is 33.9 Å². The van der Waals surface area contributed by atoms with E-state index >= 15 is 4.39 Å². The quantitative estimate of drug-likeness (QED) is 0.335. The predicted octanol–water partition coefficient (Wildman–Crippen LogP) is 4.27. The zero-order valence-electron chi connectivity index (χ0n) is 19.0. The molecule has 0 spiro atoms. The molecule has 11 heteroatoms. The molecule has 0 amide bonds. The third-order valence-electron chi connectivity index (χ3n) is 6.48. The fraction of sp³-hybridized carbons (Fsp3) is 0.240. The summed E-state index contributed by atoms with van der Waals surface area (Å²) in [7, 11) is 1.60. The number of halogens is 4. The summed E-state index contributed by atoms with van der Waals surface area (Å²) < 4.78 is 55.9. The van der Waals surface area contributed by atoms with Crippen molar-refractivity contribution in [3.05, 3.63) is 76.0 Å². The molecule has 0 bridgehead atoms. The Morgan fingerprint density at radius 3 is 2.42 bits per heavy atom. The average molecular weight is 500 g/mol. The molecule has 7 nitrogen and oxygen atoms in total. The molecule has 0 saturated carbocycles. The number of aromatic carboxylic acids is 1. The molecular weight excluding hydrogens is 480 g/mol. The van der Waals surface area contributed by atoms with Crippen LogP contribution in [0.1, 0.15) is 15.9 Å². The maximum Gasteiger partial charge on any atom is 0.416 e. The molecule has 0 atom stereocenters. The number of aromatic nitrogens is 2. The first-order valence-electron chi connectivity index (χ1n) is 11.1. The number of carboxylic acids is 1. The lowest BCUT2D eigenvalue weighted by atomic mass is 10.1. The van der Waals surface area contributed by atoms with Gasteiger partial charge in [-0.3, -0.25) is 9.78 Å². The van der Waals surface area contributed by atoms with Crippen molar-refractivity contribution in [2.45, 2.75) is 6.18 Å². The summed E-state index contributed by atoms with van der Waals surface area (Å²) >= 11 is 0. The summed E-state index contributed by atoms with van der Waals surface area (Å²) in [6.07, 6.45) is -1.82. The average Bonchev–Trinajstić information content (AvgIpc) is 2.84. The third-order valence-corrected chi connectivity index (χ3v) is 6.48. The van der Waals surface area contributed by atoms with Crippen LogP contribution in [0.5, 0.6) is 0 Å². The minimum Gasteiger partial charge on any atom is -0.477 e. The van der Waals surface area contributed by atoms with Crippen LogP contribution < -0.4 is 15.2 Å². The van der Waals surface area contributed by atoms with E-state index < -0.39 is 34.5 Å². The lowest BCUT2D eigenvalue weighted by molar-refractivity contribution is -0.137. The smallest absolute Gasteiger partial charge is 0.416 e. The molecule has 1 fully saturated rings. The molecule has 3 heterocycles. The van der Waals surface area contributed by atoms with E-state index in [0.29, 0.717) is 42.8 Å². The number of benzene rings is 2. The summed E-state index contributed by atoms with van der Waals surface area (Å²) in [5.41, 5.74) is -0.556. The molecule has 0 unspecified atom stereocenters. The van der Waals surface area contributed by atoms with Gasteiger partial charge >= 0.3 is 12.1 Å². The van der Waals surface area contributed by atoms with Crippen molar-refractivity contribution in [3.63, 3.8) is 0 Å². The Kier molecular flexibility index (Phi) is 5.57. The Morgan fingerprint density at radius 1 is 1.06 bits per heavy atom. The van der Waals surface area contributed by atoms with Crippen molar-refractivity contribution in [1.82, 2.24) is 9.55 Å². The molecule has 1 N–H and O–H groups in total. The second-order valence-corrected chi connectivity index (χ2v) is 8.65. The Bertz CT molecular complexity index is 1570. The highest BCUT2D eigenvalue weighted by Crippen LogP contribution is 2.33. The van der Waals surface area contributed by atoms with E-state index in [1.807, 2.05) is 0 Å². The second kappa shape index (κ2) is 8.51. The van der Waals surface area contributed by atoms with Crippen LogP contribution in [0.25, 0.3) is 21.8 Å². The highest BCUT2D eigenvalue weighted by molar-refractivity contribution is 6.07. The summed E-state index contributed by atoms with van der Waals surface area (Å²) in [5.74, 6) is -1.93. The van der Waals surface area contributed by atoms with Gasteiger partial charge < -0.3 is 19.5 Å². The lowest BCUT2D eigenvalue weighted by Crippen LogP contribution is -2.46. The number of carboxylic acid groups (broad SMARTS) is 1. The number of rotatable bonds is 3. The van der Waals surface area contributed by atoms with Gasteiger partial charge in [-0.1, -0.05) is 6.07 Å². The van der Waals surface area contributed by atoms with Crippen molar-refractivity contribution >= 4 is 39.1 Å². The molecule has 0 aliphatic carbocycles. The zero-order valence-corrected chi connectivity index (χ0v) is 19.0. The second-order valence-electron chi connectivity index (χ2n) is 8.65. The molecule has 5 rings (SSSR count). The van der Waals surface area contributed by atoms with E-state index in [4.69, 9.17) is 0 Å². The molecule has 1 aliphatic rings. The van der Waals surface area contributed by atoms with Crippen molar-refractivity contribution in [2.75, 3.05) is 36.0 Å². The number of fused-ring (bicyclic) bond motifs is 3. The van der Waals surface area contributed by atoms with Crippen molar-refractivity contribution in [2.24, 2.45) is 7.05 Å². The Hall–Kier alpha value is -4.15. The first-order valence-corrected chi connectivity index (χ1v) is 11.1. The fourth-order valence-electron chi connectivity index (χ4n) is 4.63. The number of carbonyl (C=O) groups is 1. The first-order chi connectivity index (χ1) is 17.0. The zero-order chi connectivity index (χ0) is 25.8. The van der Waals surface area contributed by atoms with E-state index in [0.717, 1.165) is 12.1 Å². The Balaban J connectivity index is 1.51. The van der Waals surface area contributed by atoms with Gasteiger partial charge in [-0.2, -0.15) is 13.2 Å². The predicted molar refractivity (Wildman–Crippen MR) is 127 cm³/mol. The Morgan fingerprint density at radius 2 is 1.75 bits per heavy atom. The minimum atomic E-state index is -4.44. The lowest BCUT2D eigenvalue weighted by Gasteiger charge is -2.37. The highest BCUT2D eigenvalue weighted by atomic mass is 19.4. The van der Waals surface area contributed by atoms with Crippen LogP contribution >= 0.6 is 0 Å². The first kappa shape index (κ1) is 23.6. The van der Waals surface area contributed by atoms with E-state index in [2.05, 4.69) is 4.98 Å². The van der Waals surface area contributed by atoms with E-state index in [-0.39, 0.29) is 16.6 Å². The van der Waals surface area contributed by atoms with Gasteiger partial charge in [0.25, 0.3) is 0 Å². The molecule has 4 aromatic rings. The van der Waals surface area contributed by atoms with Crippen molar-refractivity contribution in [1.29, 1.82) is 0 Å². The maximum absolute atomic E-state index is 15.1. The monoisotopic (exact) mass is 500 g/mol. The van der Waals surface area contributed by atoms with Crippen LogP contribution in [0.2, 0.25) is 0 Å². The SMILES string of the molecule is Cn1cc(C(=O)O)c(=O)c2c3cc(N4CCN(c5cccc(C(F)(F)F)c5)CC4)c(F)cc3ncc21. The molecular formula is C25H20F4N4O3. The molecule has 186 valence electrons. The van der Waals surface area contributed by atoms with Crippen LogP contribution in [-0.2, 0) is 13.2 Å². The van der Waals surface area contributed by atoms with E-state index in [9.17, 15) is 27.9 Å². The standard InChI is InChI=1S/C25H20F4N4O3/c1-31-13-17(24(35)36)23(34)22-16-10-20(18(26)11-19(16)30-12-21(22)31)33-7-5-32(6-8-33)15-4-2-3-14(9-15)25(27,28)29/h2-4,9-13H,5-8H2,1H3,(H,35,36). The van der Waals surface area contributed by atoms with Gasteiger partial charge in [-0.05, 0) is 24.3 Å². The number of piperazine rings is 1. The number of nitrogens with zero attached hydrogens (tertiary/aromatic N) is 4. The van der Waals surface area contributed by atoms with Crippen LogP contribution in [0, 0.1) is 5.82 Å². The summed E-state index contributed by atoms with van der Waals surface area (Å²) in [6.45, 7) is 1.37. The van der Waals surface area contributed by atoms with Gasteiger partial charge in [-0.25, -0.2) is 9.18 Å². The van der Waals surface area contributed by atoms with Crippen LogP contribution in [-0.4, -0.2) is 46.8 Å². The van der Waals surface area contributed by atoms with Crippen molar-refractivity contribution in [3.8, 4) is 0 Å². The topological polar surface area (TPSA) is 78.7 Å². The third kappa shape index (κ3) is 4.00. The van der Waals surface area contributed by atoms with E-state index in [1.54, 1.807) is 22.9 Å². The van der Waals surface area contributed by atoms with Gasteiger partial charge in [0.15, 0.2) is 0 Å². The van der Waals surface area contributed by atoms with Crippen LogP contribution in [0.4, 0.5) is 28.9 Å². The number of alkyl halides is 3. The van der Waals surface area contributed by atoms with E-state index in [1.165, 1.54) is 35.2 Å². The van der Waals surface area contributed by atoms with Gasteiger partial charge in [0.2, 0.25) is 5.43 Å². The number of anilines is 2. The number of pyridine rings is 2. The number of aryl methyl sites for hydroxylation is 1. The molecule has 1 saturated heterocycles. The summed E-state index contributed by atoms with van der Waals surface area (Å²) in [6, 6.07) is 7.78. The van der Waals surface area contributed by atoms with Crippen LogP contribution in [0.15, 0.2) is 53.6 Å². The van der Waals surface area contributed by atoms with Crippen LogP contribution in [0.3, 0.4) is 0 Å². The highest BCUT2D eigenvalue weighted by Gasteiger charge is 2.31.